The summed E-state index contributed by atoms with van der Waals surface area (Å²) in [5.74, 6) is 0.618. The maximum atomic E-state index is 10.9. The molecular weight excluding hydrogens is 176 g/mol. The minimum atomic E-state index is 0.224. The highest BCUT2D eigenvalue weighted by atomic mass is 16.5. The molecule has 0 heterocycles. The van der Waals surface area contributed by atoms with Gasteiger partial charge in [-0.1, -0.05) is 19.8 Å². The Labute approximate surface area is 87.0 Å². The Hall–Kier alpha value is -0.370. The average molecular weight is 198 g/mol. The number of Topliss-reactive ketones (excluding diaryl/α,β-unsaturated/α-hetero) is 1. The predicted octanol–water partition coefficient (Wildman–Crippen LogP) is 2.95. The average Bonchev–Trinajstić information content (AvgIpc) is 2.55. The maximum Gasteiger partial charge on any atom is 0.130 e. The fraction of sp³-hybridized carbons (Fsp3) is 0.917. The van der Waals surface area contributed by atoms with Crippen molar-refractivity contribution in [2.24, 2.45) is 5.92 Å². The summed E-state index contributed by atoms with van der Waals surface area (Å²) < 4.78 is 5.92. The first kappa shape index (κ1) is 11.7. The number of carbonyl (C=O) groups excluding carboxylic acids is 1. The second-order valence-electron chi connectivity index (χ2n) is 4.63. The lowest BCUT2D eigenvalue weighted by Gasteiger charge is -2.23. The van der Waals surface area contributed by atoms with Crippen molar-refractivity contribution in [1.82, 2.24) is 0 Å². The Balaban J connectivity index is 2.25. The molecule has 1 fully saturated rings. The van der Waals surface area contributed by atoms with Crippen LogP contribution in [-0.2, 0) is 9.53 Å². The zero-order chi connectivity index (χ0) is 10.6. The Bertz CT molecular complexity index is 183. The van der Waals surface area contributed by atoms with Crippen LogP contribution in [0.3, 0.4) is 0 Å². The molecule has 1 rings (SSSR count). The summed E-state index contributed by atoms with van der Waals surface area (Å²) in [5.41, 5.74) is 0. The van der Waals surface area contributed by atoms with E-state index in [1.807, 2.05) is 0 Å². The molecule has 0 saturated heterocycles. The van der Waals surface area contributed by atoms with Gasteiger partial charge in [-0.2, -0.15) is 0 Å². The van der Waals surface area contributed by atoms with E-state index < -0.39 is 0 Å². The summed E-state index contributed by atoms with van der Waals surface area (Å²) in [6.07, 6.45) is 6.35. The first-order valence-electron chi connectivity index (χ1n) is 5.74. The van der Waals surface area contributed by atoms with Crippen molar-refractivity contribution in [2.45, 2.75) is 65.1 Å². The molecule has 1 saturated carbocycles. The molecule has 0 aromatic rings. The van der Waals surface area contributed by atoms with Crippen LogP contribution in [0.2, 0.25) is 0 Å². The Morgan fingerprint density at radius 2 is 1.93 bits per heavy atom. The number of ketones is 1. The Morgan fingerprint density at radius 1 is 1.36 bits per heavy atom. The molecule has 2 nitrogen and oxygen atoms in total. The smallest absolute Gasteiger partial charge is 0.130 e. The van der Waals surface area contributed by atoms with E-state index in [0.29, 0.717) is 18.4 Å². The zero-order valence-corrected chi connectivity index (χ0v) is 9.58. The topological polar surface area (TPSA) is 26.3 Å². The number of ether oxygens (including phenoxy) is 1. The highest BCUT2D eigenvalue weighted by Crippen LogP contribution is 2.24. The highest BCUT2D eigenvalue weighted by Gasteiger charge is 2.21. The molecule has 0 aliphatic heterocycles. The van der Waals surface area contributed by atoms with Crippen molar-refractivity contribution in [2.75, 3.05) is 0 Å². The third-order valence-electron chi connectivity index (χ3n) is 3.12. The highest BCUT2D eigenvalue weighted by molar-refractivity contribution is 5.75. The molecule has 0 aromatic heterocycles. The summed E-state index contributed by atoms with van der Waals surface area (Å²) in [4.78, 5) is 10.9. The summed E-state index contributed by atoms with van der Waals surface area (Å²) in [6.45, 7) is 5.84. The quantitative estimate of drug-likeness (QED) is 0.679. The minimum absolute atomic E-state index is 0.224. The monoisotopic (exact) mass is 198 g/mol. The molecule has 0 bridgehead atoms. The van der Waals surface area contributed by atoms with Gasteiger partial charge in [0.15, 0.2) is 0 Å². The van der Waals surface area contributed by atoms with Gasteiger partial charge in [0, 0.05) is 6.42 Å². The Kier molecular flexibility index (Phi) is 4.59. The van der Waals surface area contributed by atoms with E-state index in [1.165, 1.54) is 25.7 Å². The minimum Gasteiger partial charge on any atom is -0.375 e. The van der Waals surface area contributed by atoms with Crippen LogP contribution in [0.15, 0.2) is 0 Å². The Morgan fingerprint density at radius 3 is 2.43 bits per heavy atom. The van der Waals surface area contributed by atoms with E-state index in [9.17, 15) is 4.79 Å². The fourth-order valence-corrected chi connectivity index (χ4v) is 2.08. The number of rotatable bonds is 5. The number of hydrogen-bond donors (Lipinski definition) is 0. The van der Waals surface area contributed by atoms with Crippen molar-refractivity contribution in [1.29, 1.82) is 0 Å². The molecular formula is C12H22O2. The molecule has 0 aromatic carbocycles. The fourth-order valence-electron chi connectivity index (χ4n) is 2.08. The number of carbonyl (C=O) groups is 1. The van der Waals surface area contributed by atoms with Crippen LogP contribution in [0.5, 0.6) is 0 Å². The van der Waals surface area contributed by atoms with E-state index in [-0.39, 0.29) is 11.9 Å². The van der Waals surface area contributed by atoms with Gasteiger partial charge in [0.1, 0.15) is 5.78 Å². The van der Waals surface area contributed by atoms with Gasteiger partial charge in [-0.15, -0.1) is 0 Å². The van der Waals surface area contributed by atoms with Crippen molar-refractivity contribution >= 4 is 5.78 Å². The molecule has 0 spiro atoms. The van der Waals surface area contributed by atoms with Crippen LogP contribution in [0.25, 0.3) is 0 Å². The molecule has 1 unspecified atom stereocenters. The van der Waals surface area contributed by atoms with Crippen LogP contribution in [0.4, 0.5) is 0 Å². The van der Waals surface area contributed by atoms with Gasteiger partial charge in [0.25, 0.3) is 0 Å². The van der Waals surface area contributed by atoms with E-state index in [4.69, 9.17) is 4.74 Å². The second-order valence-corrected chi connectivity index (χ2v) is 4.63. The third kappa shape index (κ3) is 3.79. The molecule has 2 atom stereocenters. The van der Waals surface area contributed by atoms with Crippen LogP contribution in [-0.4, -0.2) is 18.0 Å². The van der Waals surface area contributed by atoms with E-state index in [0.717, 1.165) is 0 Å². The van der Waals surface area contributed by atoms with Gasteiger partial charge in [-0.3, -0.25) is 0 Å². The normalized spacial score (nSPS) is 22.2. The molecule has 0 amide bonds. The maximum absolute atomic E-state index is 10.9. The lowest BCUT2D eigenvalue weighted by molar-refractivity contribution is -0.119. The summed E-state index contributed by atoms with van der Waals surface area (Å²) in [7, 11) is 0. The van der Waals surface area contributed by atoms with Gasteiger partial charge in [0.05, 0.1) is 12.2 Å². The predicted molar refractivity (Wildman–Crippen MR) is 57.3 cm³/mol. The third-order valence-corrected chi connectivity index (χ3v) is 3.12. The van der Waals surface area contributed by atoms with Crippen molar-refractivity contribution < 1.29 is 9.53 Å². The molecule has 2 heteroatoms. The molecule has 14 heavy (non-hydrogen) atoms. The second kappa shape index (κ2) is 5.50. The summed E-state index contributed by atoms with van der Waals surface area (Å²) >= 11 is 0. The molecule has 0 N–H and O–H groups in total. The van der Waals surface area contributed by atoms with Crippen LogP contribution < -0.4 is 0 Å². The van der Waals surface area contributed by atoms with Crippen LogP contribution in [0, 0.1) is 5.92 Å². The lowest BCUT2D eigenvalue weighted by atomic mass is 10.00. The first-order valence-corrected chi connectivity index (χ1v) is 5.74. The molecule has 82 valence electrons. The van der Waals surface area contributed by atoms with Crippen molar-refractivity contribution in [3.63, 3.8) is 0 Å². The van der Waals surface area contributed by atoms with Gasteiger partial charge in [-0.05, 0) is 32.6 Å². The van der Waals surface area contributed by atoms with E-state index >= 15 is 0 Å². The van der Waals surface area contributed by atoms with Crippen LogP contribution >= 0.6 is 0 Å². The first-order chi connectivity index (χ1) is 6.59. The molecule has 0 radical (unpaired) electrons. The van der Waals surface area contributed by atoms with Gasteiger partial charge in [-0.25, -0.2) is 0 Å². The van der Waals surface area contributed by atoms with Crippen molar-refractivity contribution in [3.05, 3.63) is 0 Å². The summed E-state index contributed by atoms with van der Waals surface area (Å²) in [5, 5.41) is 0. The van der Waals surface area contributed by atoms with Crippen LogP contribution in [0.1, 0.15) is 52.9 Å². The van der Waals surface area contributed by atoms with E-state index in [1.54, 1.807) is 6.92 Å². The van der Waals surface area contributed by atoms with E-state index in [2.05, 4.69) is 13.8 Å². The lowest BCUT2D eigenvalue weighted by Crippen LogP contribution is -2.24. The summed E-state index contributed by atoms with van der Waals surface area (Å²) in [6, 6.07) is 0. The zero-order valence-electron chi connectivity index (χ0n) is 9.58. The van der Waals surface area contributed by atoms with Crippen molar-refractivity contribution in [3.8, 4) is 0 Å². The molecule has 1 aliphatic rings. The van der Waals surface area contributed by atoms with Gasteiger partial charge >= 0.3 is 0 Å². The SMILES string of the molecule is CC(=O)C[C@H](C)C(C)OC1CCCC1. The van der Waals surface area contributed by atoms with Gasteiger partial charge < -0.3 is 9.53 Å². The standard InChI is InChI=1S/C12H22O2/c1-9(8-10(2)13)11(3)14-12-6-4-5-7-12/h9,11-12H,4-8H2,1-3H3/t9-,11?/m0/s1. The molecule has 1 aliphatic carbocycles. The largest absolute Gasteiger partial charge is 0.375 e. The van der Waals surface area contributed by atoms with Gasteiger partial charge in [0.2, 0.25) is 0 Å². The number of hydrogen-bond acceptors (Lipinski definition) is 2.